The van der Waals surface area contributed by atoms with Crippen LogP contribution in [0.2, 0.25) is 0 Å². The third-order valence-electron chi connectivity index (χ3n) is 2.77. The third kappa shape index (κ3) is 3.36. The minimum Gasteiger partial charge on any atom is -0.317 e. The van der Waals surface area contributed by atoms with Crippen LogP contribution < -0.4 is 5.32 Å². The summed E-state index contributed by atoms with van der Waals surface area (Å²) in [6.45, 7) is 7.15. The maximum absolute atomic E-state index is 3.42. The molecule has 1 saturated heterocycles. The van der Waals surface area contributed by atoms with Crippen molar-refractivity contribution in [3.8, 4) is 0 Å². The van der Waals surface area contributed by atoms with Crippen molar-refractivity contribution in [2.45, 2.75) is 26.7 Å². The average molecular weight is 187 g/mol. The lowest BCUT2D eigenvalue weighted by Crippen LogP contribution is -2.31. The molecule has 0 spiro atoms. The monoisotopic (exact) mass is 187 g/mol. The van der Waals surface area contributed by atoms with Crippen molar-refractivity contribution in [1.29, 1.82) is 0 Å². The molecule has 1 heterocycles. The number of rotatable bonds is 4. The molecule has 1 aliphatic rings. The van der Waals surface area contributed by atoms with Gasteiger partial charge in [-0.2, -0.15) is 11.8 Å². The van der Waals surface area contributed by atoms with Gasteiger partial charge < -0.3 is 5.32 Å². The highest BCUT2D eigenvalue weighted by molar-refractivity contribution is 7.99. The van der Waals surface area contributed by atoms with E-state index >= 15 is 0 Å². The van der Waals surface area contributed by atoms with E-state index in [1.807, 2.05) is 0 Å². The van der Waals surface area contributed by atoms with E-state index in [0.717, 1.165) is 11.8 Å². The van der Waals surface area contributed by atoms with Crippen LogP contribution in [0, 0.1) is 11.8 Å². The Morgan fingerprint density at radius 1 is 1.42 bits per heavy atom. The predicted octanol–water partition coefficient (Wildman–Crippen LogP) is 2.38. The third-order valence-corrected chi connectivity index (χ3v) is 3.94. The van der Waals surface area contributed by atoms with Crippen molar-refractivity contribution in [2.24, 2.45) is 11.8 Å². The van der Waals surface area contributed by atoms with Gasteiger partial charge in [0.15, 0.2) is 0 Å². The van der Waals surface area contributed by atoms with Gasteiger partial charge in [-0.05, 0) is 49.3 Å². The first-order valence-electron chi connectivity index (χ1n) is 5.13. The zero-order valence-corrected chi connectivity index (χ0v) is 9.12. The Labute approximate surface area is 80.7 Å². The number of nitrogens with one attached hydrogen (secondary N) is 1. The highest BCUT2D eigenvalue weighted by atomic mass is 32.2. The molecule has 0 aromatic heterocycles. The lowest BCUT2D eigenvalue weighted by atomic mass is 9.87. The van der Waals surface area contributed by atoms with Crippen molar-refractivity contribution < 1.29 is 0 Å². The highest BCUT2D eigenvalue weighted by Crippen LogP contribution is 2.24. The minimum atomic E-state index is 0.928. The smallest absolute Gasteiger partial charge is 0.00392 e. The zero-order chi connectivity index (χ0) is 8.81. The van der Waals surface area contributed by atoms with Gasteiger partial charge >= 0.3 is 0 Å². The molecule has 1 nitrogen and oxygen atoms in total. The summed E-state index contributed by atoms with van der Waals surface area (Å²) >= 11 is 2.09. The van der Waals surface area contributed by atoms with E-state index < -0.39 is 0 Å². The normalized spacial score (nSPS) is 22.5. The largest absolute Gasteiger partial charge is 0.317 e. The van der Waals surface area contributed by atoms with Gasteiger partial charge in [-0.3, -0.25) is 0 Å². The van der Waals surface area contributed by atoms with Gasteiger partial charge in [0.05, 0.1) is 0 Å². The van der Waals surface area contributed by atoms with Crippen molar-refractivity contribution >= 4 is 11.8 Å². The van der Waals surface area contributed by atoms with Crippen LogP contribution in [0.4, 0.5) is 0 Å². The summed E-state index contributed by atoms with van der Waals surface area (Å²) < 4.78 is 0. The first-order chi connectivity index (χ1) is 5.84. The second-order valence-corrected chi connectivity index (χ2v) is 5.04. The van der Waals surface area contributed by atoms with Crippen molar-refractivity contribution in [1.82, 2.24) is 5.32 Å². The molecule has 1 atom stereocenters. The Kier molecular flexibility index (Phi) is 5.08. The Hall–Kier alpha value is 0.310. The number of hydrogen-bond acceptors (Lipinski definition) is 2. The van der Waals surface area contributed by atoms with Crippen LogP contribution in [-0.4, -0.2) is 24.6 Å². The molecule has 12 heavy (non-hydrogen) atoms. The standard InChI is InChI=1S/C10H21NS/c1-3-12-8-9(2)10-4-6-11-7-5-10/h9-11H,3-8H2,1-2H3. The molecule has 2 heteroatoms. The van der Waals surface area contributed by atoms with Crippen LogP contribution in [0.5, 0.6) is 0 Å². The summed E-state index contributed by atoms with van der Waals surface area (Å²) in [5.74, 6) is 4.55. The van der Waals surface area contributed by atoms with Gasteiger partial charge in [0, 0.05) is 0 Å². The van der Waals surface area contributed by atoms with Crippen LogP contribution >= 0.6 is 11.8 Å². The molecule has 1 N–H and O–H groups in total. The summed E-state index contributed by atoms with van der Waals surface area (Å²) in [5, 5.41) is 3.42. The fraction of sp³-hybridized carbons (Fsp3) is 1.00. The van der Waals surface area contributed by atoms with Gasteiger partial charge in [-0.15, -0.1) is 0 Å². The van der Waals surface area contributed by atoms with Crippen molar-refractivity contribution in [2.75, 3.05) is 24.6 Å². The Balaban J connectivity index is 2.15. The number of piperidine rings is 1. The summed E-state index contributed by atoms with van der Waals surface area (Å²) in [6, 6.07) is 0. The van der Waals surface area contributed by atoms with E-state index in [9.17, 15) is 0 Å². The summed E-state index contributed by atoms with van der Waals surface area (Å²) in [4.78, 5) is 0. The average Bonchev–Trinajstić information content (AvgIpc) is 2.15. The highest BCUT2D eigenvalue weighted by Gasteiger charge is 2.18. The minimum absolute atomic E-state index is 0.928. The summed E-state index contributed by atoms with van der Waals surface area (Å²) in [7, 11) is 0. The quantitative estimate of drug-likeness (QED) is 0.725. The number of hydrogen-bond donors (Lipinski definition) is 1. The first kappa shape index (κ1) is 10.4. The van der Waals surface area contributed by atoms with Crippen LogP contribution in [-0.2, 0) is 0 Å². The fourth-order valence-corrected chi connectivity index (χ4v) is 2.73. The molecule has 1 unspecified atom stereocenters. The van der Waals surface area contributed by atoms with E-state index in [-0.39, 0.29) is 0 Å². The van der Waals surface area contributed by atoms with Crippen LogP contribution in [0.1, 0.15) is 26.7 Å². The number of thioether (sulfide) groups is 1. The van der Waals surface area contributed by atoms with Gasteiger partial charge in [0.25, 0.3) is 0 Å². The van der Waals surface area contributed by atoms with Gasteiger partial charge in [0.1, 0.15) is 0 Å². The molecule has 0 amide bonds. The molecule has 0 aliphatic carbocycles. The molecular weight excluding hydrogens is 166 g/mol. The molecule has 72 valence electrons. The molecule has 0 radical (unpaired) electrons. The van der Waals surface area contributed by atoms with E-state index in [2.05, 4.69) is 30.9 Å². The Morgan fingerprint density at radius 3 is 2.67 bits per heavy atom. The molecule has 0 saturated carbocycles. The maximum atomic E-state index is 3.42. The zero-order valence-electron chi connectivity index (χ0n) is 8.31. The van der Waals surface area contributed by atoms with Gasteiger partial charge in [-0.1, -0.05) is 13.8 Å². The Morgan fingerprint density at radius 2 is 2.08 bits per heavy atom. The van der Waals surface area contributed by atoms with Crippen molar-refractivity contribution in [3.05, 3.63) is 0 Å². The molecule has 0 aromatic carbocycles. The van der Waals surface area contributed by atoms with Gasteiger partial charge in [-0.25, -0.2) is 0 Å². The second kappa shape index (κ2) is 5.87. The summed E-state index contributed by atoms with van der Waals surface area (Å²) in [5.41, 5.74) is 0. The van der Waals surface area contributed by atoms with Crippen molar-refractivity contribution in [3.63, 3.8) is 0 Å². The molecule has 0 bridgehead atoms. The molecular formula is C10H21NS. The lowest BCUT2D eigenvalue weighted by Gasteiger charge is -2.27. The maximum Gasteiger partial charge on any atom is -0.00392 e. The Bertz CT molecular complexity index is 110. The molecule has 1 aliphatic heterocycles. The van der Waals surface area contributed by atoms with Gasteiger partial charge in [0.2, 0.25) is 0 Å². The SMILES string of the molecule is CCSCC(C)C1CCNCC1. The van der Waals surface area contributed by atoms with E-state index in [0.29, 0.717) is 0 Å². The first-order valence-corrected chi connectivity index (χ1v) is 6.28. The lowest BCUT2D eigenvalue weighted by molar-refractivity contribution is 0.295. The fourth-order valence-electron chi connectivity index (χ4n) is 1.85. The second-order valence-electron chi connectivity index (χ2n) is 3.72. The van der Waals surface area contributed by atoms with Crippen LogP contribution in [0.25, 0.3) is 0 Å². The molecule has 0 aromatic rings. The molecule has 1 fully saturated rings. The summed E-state index contributed by atoms with van der Waals surface area (Å²) in [6.07, 6.45) is 2.79. The van der Waals surface area contributed by atoms with Crippen LogP contribution in [0.3, 0.4) is 0 Å². The van der Waals surface area contributed by atoms with E-state index in [4.69, 9.17) is 0 Å². The van der Waals surface area contributed by atoms with E-state index in [1.165, 1.54) is 37.4 Å². The topological polar surface area (TPSA) is 12.0 Å². The predicted molar refractivity (Wildman–Crippen MR) is 57.8 cm³/mol. The molecule has 1 rings (SSSR count). The van der Waals surface area contributed by atoms with E-state index in [1.54, 1.807) is 0 Å². The van der Waals surface area contributed by atoms with Crippen LogP contribution in [0.15, 0.2) is 0 Å².